The lowest BCUT2D eigenvalue weighted by atomic mass is 9.70. The molecule has 7 N–H and O–H groups in total. The number of hydrogen-bond donors (Lipinski definition) is 6. The summed E-state index contributed by atoms with van der Waals surface area (Å²) in [6.45, 7) is 7.39. The number of carbonyl (C=O) groups excluding carboxylic acids is 2. The Kier molecular flexibility index (Phi) is 8.10. The van der Waals surface area contributed by atoms with Crippen molar-refractivity contribution in [2.75, 3.05) is 0 Å². The van der Waals surface area contributed by atoms with Crippen LogP contribution in [0, 0.1) is 11.8 Å². The molecule has 0 radical (unpaired) electrons. The second-order valence-electron chi connectivity index (χ2n) is 15.0. The first-order chi connectivity index (χ1) is 26.3. The van der Waals surface area contributed by atoms with Crippen LogP contribution in [-0.4, -0.2) is 55.4 Å². The molecular weight excluding hydrogens is 747 g/mol. The fraction of sp³-hybridized carbons (Fsp3) is 0.300. The molecular formula is C40H36Cl2N6O7. The number of phenols is 1. The first kappa shape index (κ1) is 35.4. The predicted molar refractivity (Wildman–Crippen MR) is 204 cm³/mol. The van der Waals surface area contributed by atoms with Crippen LogP contribution < -0.4 is 21.1 Å². The van der Waals surface area contributed by atoms with Gasteiger partial charge < -0.3 is 45.1 Å². The van der Waals surface area contributed by atoms with E-state index in [4.69, 9.17) is 47.5 Å². The van der Waals surface area contributed by atoms with Gasteiger partial charge in [0.25, 0.3) is 5.89 Å². The van der Waals surface area contributed by atoms with Crippen LogP contribution in [0.25, 0.3) is 44.9 Å². The molecule has 55 heavy (non-hydrogen) atoms. The molecule has 5 atom stereocenters. The third-order valence-corrected chi connectivity index (χ3v) is 11.5. The number of ether oxygens (including phenoxy) is 1. The minimum Gasteiger partial charge on any atom is -0.508 e. The average Bonchev–Trinajstić information content (AvgIpc) is 3.90. The van der Waals surface area contributed by atoms with Crippen LogP contribution in [0.15, 0.2) is 63.4 Å². The highest BCUT2D eigenvalue weighted by Gasteiger charge is 2.58. The van der Waals surface area contributed by atoms with Crippen molar-refractivity contribution in [1.82, 2.24) is 25.6 Å². The molecule has 0 saturated heterocycles. The Morgan fingerprint density at radius 1 is 1.04 bits per heavy atom. The largest absolute Gasteiger partial charge is 0.508 e. The van der Waals surface area contributed by atoms with Crippen LogP contribution in [0.2, 0.25) is 10.3 Å². The first-order valence-electron chi connectivity index (χ1n) is 17.9. The highest BCUT2D eigenvalue weighted by atomic mass is 35.5. The van der Waals surface area contributed by atoms with Crippen molar-refractivity contribution >= 4 is 45.9 Å². The molecule has 282 valence electrons. The summed E-state index contributed by atoms with van der Waals surface area (Å²) in [5.41, 5.74) is 8.06. The molecule has 0 fully saturated rings. The number of rotatable bonds is 4. The van der Waals surface area contributed by atoms with Gasteiger partial charge in [0.05, 0.1) is 11.6 Å². The number of benzene rings is 3. The molecule has 6 aromatic rings. The summed E-state index contributed by atoms with van der Waals surface area (Å²) in [5.74, 6) is -1.24. The fourth-order valence-corrected chi connectivity index (χ4v) is 8.55. The Bertz CT molecular complexity index is 2580. The molecule has 0 aliphatic carbocycles. The number of aromatic hydroxyl groups is 1. The van der Waals surface area contributed by atoms with E-state index in [1.165, 1.54) is 6.07 Å². The molecule has 0 unspecified atom stereocenters. The van der Waals surface area contributed by atoms with Crippen molar-refractivity contribution in [2.45, 2.75) is 63.9 Å². The van der Waals surface area contributed by atoms with Gasteiger partial charge in [0.1, 0.15) is 34.2 Å². The molecule has 3 aliphatic heterocycles. The van der Waals surface area contributed by atoms with E-state index in [-0.39, 0.29) is 68.9 Å². The number of fused-ring (bicyclic) bond motifs is 8. The number of nitrogens with zero attached hydrogens (tertiary/aromatic N) is 2. The number of aromatic amines is 1. The highest BCUT2D eigenvalue weighted by molar-refractivity contribution is 6.37. The Balaban J connectivity index is 1.40. The zero-order valence-electron chi connectivity index (χ0n) is 30.0. The van der Waals surface area contributed by atoms with Crippen LogP contribution in [0.4, 0.5) is 0 Å². The number of aliphatic hydroxyl groups excluding tert-OH is 1. The number of H-pyrrole nitrogens is 1. The minimum atomic E-state index is -1.80. The topological polar surface area (TPSA) is 202 Å². The van der Waals surface area contributed by atoms with Crippen LogP contribution in [0.1, 0.15) is 62.1 Å². The Morgan fingerprint density at radius 2 is 1.80 bits per heavy atom. The van der Waals surface area contributed by atoms with Crippen molar-refractivity contribution in [1.29, 1.82) is 0 Å². The van der Waals surface area contributed by atoms with E-state index >= 15 is 0 Å². The number of oxazole rings is 2. The Hall–Kier alpha value is -5.34. The second kappa shape index (κ2) is 12.6. The Labute approximate surface area is 324 Å². The van der Waals surface area contributed by atoms with Gasteiger partial charge in [0.15, 0.2) is 22.4 Å². The maximum atomic E-state index is 14.2. The first-order valence-corrected chi connectivity index (χ1v) is 18.7. The number of amides is 2. The molecule has 0 saturated carbocycles. The lowest BCUT2D eigenvalue weighted by Gasteiger charge is -2.32. The molecule has 13 nitrogen and oxygen atoms in total. The van der Waals surface area contributed by atoms with Crippen LogP contribution in [-0.2, 0) is 21.4 Å². The van der Waals surface area contributed by atoms with Gasteiger partial charge in [0.2, 0.25) is 24.0 Å². The number of hydrogen-bond acceptors (Lipinski definition) is 10. The SMILES string of the molecule is CC(C)[C@H](N)C(=O)N[C@H]1Cc2ccc(O)c(c2)[C@]23c4cccc(c4O[C@H]2O)-c2cccc4[nH]c(Cl)c(c24)-c2oc(nc2Cl)-c2nc(oc23)[C@H](C(C)C)NC1=O. The van der Waals surface area contributed by atoms with E-state index < -0.39 is 41.6 Å². The normalized spacial score (nSPS) is 21.6. The number of phenolic OH excluding ortho intramolecular Hbond substituents is 1. The number of aromatic nitrogens is 3. The lowest BCUT2D eigenvalue weighted by Crippen LogP contribution is -2.54. The quantitative estimate of drug-likeness (QED) is 0.117. The van der Waals surface area contributed by atoms with Gasteiger partial charge in [-0.15, -0.1) is 0 Å². The molecule has 15 heteroatoms. The summed E-state index contributed by atoms with van der Waals surface area (Å²) in [4.78, 5) is 40.3. The number of halogens is 2. The third kappa shape index (κ3) is 5.13. The van der Waals surface area contributed by atoms with Gasteiger partial charge in [-0.05, 0) is 35.1 Å². The molecule has 10 bridgehead atoms. The van der Waals surface area contributed by atoms with E-state index in [1.807, 2.05) is 58.0 Å². The van der Waals surface area contributed by atoms with Crippen molar-refractivity contribution < 1.29 is 33.4 Å². The van der Waals surface area contributed by atoms with Gasteiger partial charge in [-0.1, -0.05) is 93.4 Å². The standard InChI is InChI=1S/C40H36Cl2N6O7/c1-15(2)27(43)36(51)45-23-14-17-11-12-24(49)21(13-17)40-20-9-5-8-19(30(20)54-39(40)52)18-7-6-10-22-25(18)26(33(41)44-22)31-34(42)48-38(53-31)29-32(40)55-37(47-29)28(16(3)4)46-35(23)50/h5-13,15-16,23,27-28,39,44,49,52H,14,43H2,1-4H3,(H,45,51)(H,46,50)/t23-,27-,28-,39+,40-/m0/s1. The van der Waals surface area contributed by atoms with E-state index in [0.717, 1.165) is 0 Å². The van der Waals surface area contributed by atoms with Crippen LogP contribution in [0.3, 0.4) is 0 Å². The molecule has 3 aromatic carbocycles. The number of carbonyl (C=O) groups is 2. The summed E-state index contributed by atoms with van der Waals surface area (Å²) < 4.78 is 19.8. The summed E-state index contributed by atoms with van der Waals surface area (Å²) in [6.07, 6.45) is -1.70. The van der Waals surface area contributed by atoms with Gasteiger partial charge >= 0.3 is 0 Å². The number of nitrogens with two attached hydrogens (primary N) is 1. The maximum absolute atomic E-state index is 14.2. The number of aliphatic hydroxyl groups is 1. The molecule has 2 amide bonds. The van der Waals surface area contributed by atoms with Gasteiger partial charge in [-0.3, -0.25) is 9.59 Å². The smallest absolute Gasteiger partial charge is 0.250 e. The van der Waals surface area contributed by atoms with E-state index in [1.54, 1.807) is 18.2 Å². The van der Waals surface area contributed by atoms with Crippen molar-refractivity contribution in [3.05, 3.63) is 93.2 Å². The molecule has 6 heterocycles. The zero-order valence-corrected chi connectivity index (χ0v) is 31.5. The number of para-hydroxylation sites is 1. The minimum absolute atomic E-state index is 0.0107. The third-order valence-electron chi connectivity index (χ3n) is 10.9. The molecule has 1 spiro atoms. The molecule has 3 aliphatic rings. The average molecular weight is 784 g/mol. The zero-order chi connectivity index (χ0) is 38.7. The van der Waals surface area contributed by atoms with E-state index in [9.17, 15) is 19.8 Å². The van der Waals surface area contributed by atoms with Gasteiger partial charge in [-0.25, -0.2) is 4.98 Å². The monoisotopic (exact) mass is 782 g/mol. The Morgan fingerprint density at radius 3 is 2.56 bits per heavy atom. The van der Waals surface area contributed by atoms with Crippen LogP contribution in [0.5, 0.6) is 11.5 Å². The summed E-state index contributed by atoms with van der Waals surface area (Å²) in [5, 5.41) is 31.2. The van der Waals surface area contributed by atoms with Gasteiger partial charge in [0, 0.05) is 34.0 Å². The van der Waals surface area contributed by atoms with E-state index in [2.05, 4.69) is 20.6 Å². The molecule has 9 rings (SSSR count). The van der Waals surface area contributed by atoms with Gasteiger partial charge in [-0.2, -0.15) is 4.98 Å². The van der Waals surface area contributed by atoms with Crippen molar-refractivity contribution in [3.8, 4) is 45.5 Å². The molecule has 3 aromatic heterocycles. The lowest BCUT2D eigenvalue weighted by molar-refractivity contribution is -0.130. The highest BCUT2D eigenvalue weighted by Crippen LogP contribution is 2.59. The van der Waals surface area contributed by atoms with E-state index in [0.29, 0.717) is 44.5 Å². The summed E-state index contributed by atoms with van der Waals surface area (Å²) in [6, 6.07) is 13.1. The predicted octanol–water partition coefficient (Wildman–Crippen LogP) is 6.35. The summed E-state index contributed by atoms with van der Waals surface area (Å²) in [7, 11) is 0. The number of nitrogens with one attached hydrogen (secondary N) is 3. The van der Waals surface area contributed by atoms with Crippen LogP contribution >= 0.6 is 23.2 Å². The van der Waals surface area contributed by atoms with Crippen molar-refractivity contribution in [3.63, 3.8) is 0 Å². The summed E-state index contributed by atoms with van der Waals surface area (Å²) >= 11 is 13.8. The maximum Gasteiger partial charge on any atom is 0.250 e. The second-order valence-corrected chi connectivity index (χ2v) is 15.7. The van der Waals surface area contributed by atoms with Crippen molar-refractivity contribution in [2.24, 2.45) is 17.6 Å². The fourth-order valence-electron chi connectivity index (χ4n) is 8.06.